The van der Waals surface area contributed by atoms with E-state index in [0.29, 0.717) is 12.1 Å². The molecule has 0 fully saturated rings. The van der Waals surface area contributed by atoms with Gasteiger partial charge in [-0.3, -0.25) is 0 Å². The third-order valence-corrected chi connectivity index (χ3v) is 2.83. The van der Waals surface area contributed by atoms with Crippen molar-refractivity contribution in [3.8, 4) is 0 Å². The van der Waals surface area contributed by atoms with Crippen LogP contribution in [0, 0.1) is 0 Å². The Bertz CT molecular complexity index is 110. The van der Waals surface area contributed by atoms with Crippen molar-refractivity contribution in [2.24, 2.45) is 0 Å². The van der Waals surface area contributed by atoms with Crippen LogP contribution in [0.15, 0.2) is 0 Å². The Balaban J connectivity index is 3.56. The molecule has 0 aromatic carbocycles. The van der Waals surface area contributed by atoms with Crippen LogP contribution in [0.5, 0.6) is 0 Å². The van der Waals surface area contributed by atoms with Crippen molar-refractivity contribution in [2.45, 2.75) is 12.1 Å². The Labute approximate surface area is 92.3 Å². The zero-order valence-electron chi connectivity index (χ0n) is 8.38. The molecular weight excluding hydrogens is 202 g/mol. The van der Waals surface area contributed by atoms with Crippen LogP contribution in [0.3, 0.4) is 0 Å². The van der Waals surface area contributed by atoms with Crippen molar-refractivity contribution < 1.29 is 0 Å². The van der Waals surface area contributed by atoms with Gasteiger partial charge in [0.05, 0.1) is 0 Å². The second-order valence-corrected chi connectivity index (χ2v) is 3.74. The van der Waals surface area contributed by atoms with E-state index in [0.717, 1.165) is 24.6 Å². The van der Waals surface area contributed by atoms with E-state index in [2.05, 4.69) is 41.2 Å². The lowest BCUT2D eigenvalue weighted by atomic mass is 10.3. The Morgan fingerprint density at radius 3 is 2.00 bits per heavy atom. The van der Waals surface area contributed by atoms with Crippen molar-refractivity contribution in [2.75, 3.05) is 38.7 Å². The van der Waals surface area contributed by atoms with E-state index in [4.69, 9.17) is 0 Å². The van der Waals surface area contributed by atoms with Gasteiger partial charge in [-0.1, -0.05) is 0 Å². The summed E-state index contributed by atoms with van der Waals surface area (Å²) < 4.78 is 0. The summed E-state index contributed by atoms with van der Waals surface area (Å²) in [5.74, 6) is 1.70. The molecule has 0 aliphatic rings. The fourth-order valence-corrected chi connectivity index (χ4v) is 1.58. The number of hydrogen-bond acceptors (Lipinski definition) is 5. The van der Waals surface area contributed by atoms with Crippen molar-refractivity contribution in [1.29, 1.82) is 0 Å². The van der Waals surface area contributed by atoms with Crippen LogP contribution < -0.4 is 16.0 Å². The first-order chi connectivity index (χ1) is 6.28. The topological polar surface area (TPSA) is 36.1 Å². The fourth-order valence-electron chi connectivity index (χ4n) is 1.01. The Morgan fingerprint density at radius 2 is 1.62 bits per heavy atom. The molecule has 0 saturated carbocycles. The first-order valence-electron chi connectivity index (χ1n) is 4.55. The van der Waals surface area contributed by atoms with Crippen molar-refractivity contribution in [3.63, 3.8) is 0 Å². The minimum Gasteiger partial charge on any atom is -0.318 e. The maximum atomic E-state index is 4.27. The third kappa shape index (κ3) is 6.62. The van der Waals surface area contributed by atoms with Gasteiger partial charge in [0.15, 0.2) is 0 Å². The molecule has 0 amide bonds. The number of nitrogens with one attached hydrogen (secondary N) is 3. The Kier molecular flexibility index (Phi) is 9.56. The summed E-state index contributed by atoms with van der Waals surface area (Å²) in [5.41, 5.74) is 0. The van der Waals surface area contributed by atoms with E-state index in [-0.39, 0.29) is 0 Å². The van der Waals surface area contributed by atoms with Crippen LogP contribution in [0.2, 0.25) is 0 Å². The molecule has 2 atom stereocenters. The molecule has 80 valence electrons. The highest BCUT2D eigenvalue weighted by Crippen LogP contribution is 1.89. The lowest BCUT2D eigenvalue weighted by Crippen LogP contribution is -2.46. The molecule has 0 radical (unpaired) electrons. The first-order valence-corrected chi connectivity index (χ1v) is 5.81. The van der Waals surface area contributed by atoms with Crippen LogP contribution >= 0.6 is 25.3 Å². The molecule has 0 aliphatic carbocycles. The van der Waals surface area contributed by atoms with E-state index >= 15 is 0 Å². The molecule has 3 N–H and O–H groups in total. The molecule has 0 unspecified atom stereocenters. The van der Waals surface area contributed by atoms with Gasteiger partial charge in [0.2, 0.25) is 0 Å². The second kappa shape index (κ2) is 9.15. The number of rotatable bonds is 8. The van der Waals surface area contributed by atoms with Gasteiger partial charge in [-0.2, -0.15) is 25.3 Å². The van der Waals surface area contributed by atoms with Gasteiger partial charge in [-0.15, -0.1) is 0 Å². The van der Waals surface area contributed by atoms with E-state index in [1.165, 1.54) is 0 Å². The minimum absolute atomic E-state index is 0.433. The van der Waals surface area contributed by atoms with Crippen molar-refractivity contribution in [1.82, 2.24) is 16.0 Å². The molecular formula is C8H21N3S2. The van der Waals surface area contributed by atoms with E-state index in [1.807, 2.05) is 14.1 Å². The average Bonchev–Trinajstić information content (AvgIpc) is 2.17. The predicted molar refractivity (Wildman–Crippen MR) is 66.3 cm³/mol. The van der Waals surface area contributed by atoms with Gasteiger partial charge in [0.1, 0.15) is 0 Å². The zero-order valence-corrected chi connectivity index (χ0v) is 10.2. The smallest absolute Gasteiger partial charge is 0.0281 e. The first kappa shape index (κ1) is 13.6. The number of thiol groups is 2. The van der Waals surface area contributed by atoms with Crippen LogP contribution in [0.25, 0.3) is 0 Å². The third-order valence-electron chi connectivity index (χ3n) is 1.95. The highest BCUT2D eigenvalue weighted by Gasteiger charge is 2.07. The lowest BCUT2D eigenvalue weighted by Gasteiger charge is -2.20. The SMILES string of the molecule is CNC[C@H](CS)NC[C@@H](CS)NC. The summed E-state index contributed by atoms with van der Waals surface area (Å²) in [7, 11) is 3.91. The quantitative estimate of drug-likeness (QED) is 0.364. The Morgan fingerprint density at radius 1 is 1.00 bits per heavy atom. The summed E-state index contributed by atoms with van der Waals surface area (Å²) in [6, 6.07) is 0.867. The normalized spacial score (nSPS) is 15.7. The molecule has 5 heteroatoms. The minimum atomic E-state index is 0.433. The summed E-state index contributed by atoms with van der Waals surface area (Å²) in [5, 5.41) is 9.74. The summed E-state index contributed by atoms with van der Waals surface area (Å²) >= 11 is 8.51. The Hall–Kier alpha value is 0.580. The summed E-state index contributed by atoms with van der Waals surface area (Å²) in [4.78, 5) is 0. The average molecular weight is 223 g/mol. The molecule has 0 saturated heterocycles. The molecule has 0 aromatic heterocycles. The monoisotopic (exact) mass is 223 g/mol. The van der Waals surface area contributed by atoms with Gasteiger partial charge in [0.25, 0.3) is 0 Å². The molecule has 0 spiro atoms. The number of hydrogen-bond donors (Lipinski definition) is 5. The van der Waals surface area contributed by atoms with Gasteiger partial charge in [0, 0.05) is 36.7 Å². The highest BCUT2D eigenvalue weighted by molar-refractivity contribution is 7.80. The standard InChI is InChI=1S/C8H21N3S2/c1-9-3-8(6-13)11-4-7(5-12)10-2/h7-13H,3-6H2,1-2H3/t7-,8+/m0/s1. The molecule has 3 nitrogen and oxygen atoms in total. The largest absolute Gasteiger partial charge is 0.318 e. The molecule has 0 bridgehead atoms. The van der Waals surface area contributed by atoms with Crippen LogP contribution in [-0.2, 0) is 0 Å². The van der Waals surface area contributed by atoms with Gasteiger partial charge < -0.3 is 16.0 Å². The lowest BCUT2D eigenvalue weighted by molar-refractivity contribution is 0.479. The van der Waals surface area contributed by atoms with Gasteiger partial charge in [-0.05, 0) is 14.1 Å². The van der Waals surface area contributed by atoms with E-state index in [1.54, 1.807) is 0 Å². The van der Waals surface area contributed by atoms with Crippen molar-refractivity contribution >= 4 is 25.3 Å². The van der Waals surface area contributed by atoms with Crippen LogP contribution in [0.1, 0.15) is 0 Å². The zero-order chi connectivity index (χ0) is 10.1. The second-order valence-electron chi connectivity index (χ2n) is 3.01. The van der Waals surface area contributed by atoms with E-state index < -0.39 is 0 Å². The van der Waals surface area contributed by atoms with E-state index in [9.17, 15) is 0 Å². The van der Waals surface area contributed by atoms with Gasteiger partial charge in [-0.25, -0.2) is 0 Å². The number of likely N-dealkylation sites (N-methyl/N-ethyl adjacent to an activating group) is 2. The highest BCUT2D eigenvalue weighted by atomic mass is 32.1. The maximum absolute atomic E-state index is 4.27. The summed E-state index contributed by atoms with van der Waals surface area (Å²) in [6.45, 7) is 1.89. The van der Waals surface area contributed by atoms with Crippen LogP contribution in [-0.4, -0.2) is 50.8 Å². The predicted octanol–water partition coefficient (Wildman–Crippen LogP) is -0.388. The molecule has 0 heterocycles. The molecule has 13 heavy (non-hydrogen) atoms. The van der Waals surface area contributed by atoms with Gasteiger partial charge >= 0.3 is 0 Å². The molecule has 0 aromatic rings. The maximum Gasteiger partial charge on any atom is 0.0281 e. The molecule has 0 aliphatic heterocycles. The summed E-state index contributed by atoms with van der Waals surface area (Å²) in [6.07, 6.45) is 0. The van der Waals surface area contributed by atoms with Crippen molar-refractivity contribution in [3.05, 3.63) is 0 Å². The fraction of sp³-hybridized carbons (Fsp3) is 1.00. The molecule has 0 rings (SSSR count). The van der Waals surface area contributed by atoms with Crippen LogP contribution in [0.4, 0.5) is 0 Å².